The summed E-state index contributed by atoms with van der Waals surface area (Å²) < 4.78 is 0. The fourth-order valence-corrected chi connectivity index (χ4v) is 2.92. The number of nitrogens with zero attached hydrogens (tertiary/aromatic N) is 2. The minimum absolute atomic E-state index is 0.113. The van der Waals surface area contributed by atoms with Crippen molar-refractivity contribution >= 4 is 11.6 Å². The lowest BCUT2D eigenvalue weighted by Gasteiger charge is -2.28. The number of hydrogen-bond acceptors (Lipinski definition) is 3. The van der Waals surface area contributed by atoms with Crippen molar-refractivity contribution in [2.24, 2.45) is 0 Å². The van der Waals surface area contributed by atoms with Crippen LogP contribution in [0.4, 0.5) is 5.69 Å². The second-order valence-corrected chi connectivity index (χ2v) is 5.37. The molecule has 1 fully saturated rings. The number of aliphatic hydroxyl groups is 1. The van der Waals surface area contributed by atoms with Crippen LogP contribution in [-0.2, 0) is 4.79 Å². The van der Waals surface area contributed by atoms with E-state index in [4.69, 9.17) is 0 Å². The van der Waals surface area contributed by atoms with Crippen LogP contribution in [-0.4, -0.2) is 48.2 Å². The first-order valence-electron chi connectivity index (χ1n) is 7.38. The molecule has 0 bridgehead atoms. The summed E-state index contributed by atoms with van der Waals surface area (Å²) in [7, 11) is 0. The van der Waals surface area contributed by atoms with Gasteiger partial charge in [-0.05, 0) is 44.9 Å². The number of anilines is 1. The Bertz CT molecular complexity index is 462. The molecular weight excluding hydrogens is 252 g/mol. The van der Waals surface area contributed by atoms with Crippen LogP contribution in [0.3, 0.4) is 0 Å². The third-order valence-electron chi connectivity index (χ3n) is 4.07. The molecule has 20 heavy (non-hydrogen) atoms. The normalized spacial score (nSPS) is 19.2. The molecule has 0 aromatic heterocycles. The highest BCUT2D eigenvalue weighted by Gasteiger charge is 2.27. The second-order valence-electron chi connectivity index (χ2n) is 5.37. The van der Waals surface area contributed by atoms with Crippen LogP contribution in [0.5, 0.6) is 0 Å². The van der Waals surface area contributed by atoms with Gasteiger partial charge in [0.2, 0.25) is 5.91 Å². The van der Waals surface area contributed by atoms with E-state index in [1.54, 1.807) is 0 Å². The highest BCUT2D eigenvalue weighted by Crippen LogP contribution is 2.21. The number of aliphatic hydroxyl groups excluding tert-OH is 1. The first-order valence-corrected chi connectivity index (χ1v) is 7.38. The van der Waals surface area contributed by atoms with Gasteiger partial charge in [0.05, 0.1) is 13.2 Å². The predicted molar refractivity (Wildman–Crippen MR) is 80.9 cm³/mol. The molecule has 0 spiro atoms. The summed E-state index contributed by atoms with van der Waals surface area (Å²) in [4.78, 5) is 16.5. The van der Waals surface area contributed by atoms with Gasteiger partial charge < -0.3 is 10.0 Å². The van der Waals surface area contributed by atoms with Gasteiger partial charge in [0.15, 0.2) is 0 Å². The van der Waals surface area contributed by atoms with Gasteiger partial charge >= 0.3 is 0 Å². The van der Waals surface area contributed by atoms with Crippen LogP contribution >= 0.6 is 0 Å². The third-order valence-corrected chi connectivity index (χ3v) is 4.07. The predicted octanol–water partition coefficient (Wildman–Crippen LogP) is 1.80. The molecule has 4 heteroatoms. The molecule has 1 atom stereocenters. The number of para-hydroxylation sites is 1. The number of aryl methyl sites for hydroxylation is 1. The van der Waals surface area contributed by atoms with Gasteiger partial charge in [0.25, 0.3) is 0 Å². The fourth-order valence-electron chi connectivity index (χ4n) is 2.92. The van der Waals surface area contributed by atoms with E-state index in [0.29, 0.717) is 13.1 Å². The number of carbonyl (C=O) groups excluding carboxylic acids is 1. The van der Waals surface area contributed by atoms with Crippen molar-refractivity contribution < 1.29 is 9.90 Å². The summed E-state index contributed by atoms with van der Waals surface area (Å²) in [6.07, 6.45) is 2.05. The van der Waals surface area contributed by atoms with E-state index in [0.717, 1.165) is 30.6 Å². The number of benzene rings is 1. The number of likely N-dealkylation sites (tertiary alicyclic amines) is 1. The molecule has 1 unspecified atom stereocenters. The molecule has 1 aromatic rings. The molecule has 1 heterocycles. The molecule has 1 saturated heterocycles. The zero-order valence-corrected chi connectivity index (χ0v) is 12.4. The van der Waals surface area contributed by atoms with Crippen molar-refractivity contribution in [2.75, 3.05) is 31.1 Å². The smallest absolute Gasteiger partial charge is 0.241 e. The van der Waals surface area contributed by atoms with E-state index >= 15 is 0 Å². The highest BCUT2D eigenvalue weighted by atomic mass is 16.3. The summed E-state index contributed by atoms with van der Waals surface area (Å²) in [5.74, 6) is 0.113. The lowest BCUT2D eigenvalue weighted by Crippen LogP contribution is -2.43. The summed E-state index contributed by atoms with van der Waals surface area (Å²) in [6, 6.07) is 8.11. The molecule has 0 saturated carbocycles. The third kappa shape index (κ3) is 3.19. The summed E-state index contributed by atoms with van der Waals surface area (Å²) >= 11 is 0. The summed E-state index contributed by atoms with van der Waals surface area (Å²) in [5.41, 5.74) is 2.10. The maximum Gasteiger partial charge on any atom is 0.241 e. The van der Waals surface area contributed by atoms with Crippen molar-refractivity contribution in [1.29, 1.82) is 0 Å². The van der Waals surface area contributed by atoms with E-state index in [-0.39, 0.29) is 18.6 Å². The van der Waals surface area contributed by atoms with Gasteiger partial charge in [0.1, 0.15) is 0 Å². The Morgan fingerprint density at radius 1 is 1.45 bits per heavy atom. The maximum absolute atomic E-state index is 12.5. The Morgan fingerprint density at radius 2 is 2.20 bits per heavy atom. The number of likely N-dealkylation sites (N-methyl/N-ethyl adjacent to an activating group) is 1. The zero-order valence-electron chi connectivity index (χ0n) is 12.4. The topological polar surface area (TPSA) is 43.8 Å². The van der Waals surface area contributed by atoms with Crippen LogP contribution in [0.15, 0.2) is 24.3 Å². The average molecular weight is 276 g/mol. The van der Waals surface area contributed by atoms with Gasteiger partial charge in [-0.3, -0.25) is 9.69 Å². The second kappa shape index (κ2) is 6.86. The number of carbonyl (C=O) groups is 1. The number of rotatable bonds is 5. The first kappa shape index (κ1) is 15.0. The molecule has 1 N–H and O–H groups in total. The molecule has 1 aromatic carbocycles. The molecule has 1 amide bonds. The Hall–Kier alpha value is -1.39. The standard InChI is InChI=1S/C16H24N2O2/c1-3-18(15-9-5-4-7-13(15)2)16(20)11-17-10-6-8-14(17)12-19/h4-5,7,9,14,19H,3,6,8,10-12H2,1-2H3. The van der Waals surface area contributed by atoms with Crippen molar-refractivity contribution in [3.63, 3.8) is 0 Å². The van der Waals surface area contributed by atoms with Crippen molar-refractivity contribution in [3.8, 4) is 0 Å². The van der Waals surface area contributed by atoms with E-state index in [9.17, 15) is 9.90 Å². The number of hydrogen-bond donors (Lipinski definition) is 1. The van der Waals surface area contributed by atoms with Gasteiger partial charge in [0, 0.05) is 18.3 Å². The zero-order chi connectivity index (χ0) is 14.5. The molecule has 0 radical (unpaired) electrons. The minimum Gasteiger partial charge on any atom is -0.395 e. The summed E-state index contributed by atoms with van der Waals surface area (Å²) in [6.45, 7) is 6.14. The molecule has 110 valence electrons. The molecule has 1 aliphatic rings. The SMILES string of the molecule is CCN(C(=O)CN1CCCC1CO)c1ccccc1C. The molecule has 4 nitrogen and oxygen atoms in total. The first-order chi connectivity index (χ1) is 9.67. The van der Waals surface area contributed by atoms with E-state index < -0.39 is 0 Å². The maximum atomic E-state index is 12.5. The number of amides is 1. The molecule has 1 aliphatic heterocycles. The van der Waals surface area contributed by atoms with Crippen molar-refractivity contribution in [1.82, 2.24) is 4.90 Å². The van der Waals surface area contributed by atoms with Crippen LogP contribution in [0.2, 0.25) is 0 Å². The van der Waals surface area contributed by atoms with E-state index in [1.807, 2.05) is 43.0 Å². The van der Waals surface area contributed by atoms with Crippen LogP contribution in [0, 0.1) is 6.92 Å². The Kier molecular flexibility index (Phi) is 5.15. The van der Waals surface area contributed by atoms with E-state index in [2.05, 4.69) is 4.90 Å². The highest BCUT2D eigenvalue weighted by molar-refractivity contribution is 5.95. The van der Waals surface area contributed by atoms with Crippen molar-refractivity contribution in [2.45, 2.75) is 32.7 Å². The molecule has 0 aliphatic carbocycles. The molecule has 2 rings (SSSR count). The quantitative estimate of drug-likeness (QED) is 0.892. The van der Waals surface area contributed by atoms with Gasteiger partial charge in [-0.1, -0.05) is 18.2 Å². The largest absolute Gasteiger partial charge is 0.395 e. The van der Waals surface area contributed by atoms with Crippen LogP contribution < -0.4 is 4.90 Å². The van der Waals surface area contributed by atoms with Gasteiger partial charge in [-0.2, -0.15) is 0 Å². The summed E-state index contributed by atoms with van der Waals surface area (Å²) in [5, 5.41) is 9.34. The average Bonchev–Trinajstić information content (AvgIpc) is 2.89. The molecular formula is C16H24N2O2. The van der Waals surface area contributed by atoms with Crippen LogP contribution in [0.1, 0.15) is 25.3 Å². The Balaban J connectivity index is 2.08. The minimum atomic E-state index is 0.113. The van der Waals surface area contributed by atoms with Gasteiger partial charge in [-0.15, -0.1) is 0 Å². The Morgan fingerprint density at radius 3 is 2.85 bits per heavy atom. The fraction of sp³-hybridized carbons (Fsp3) is 0.562. The lowest BCUT2D eigenvalue weighted by molar-refractivity contribution is -0.120. The monoisotopic (exact) mass is 276 g/mol. The Labute approximate surface area is 121 Å². The van der Waals surface area contributed by atoms with Gasteiger partial charge in [-0.25, -0.2) is 0 Å². The van der Waals surface area contributed by atoms with Crippen molar-refractivity contribution in [3.05, 3.63) is 29.8 Å². The van der Waals surface area contributed by atoms with E-state index in [1.165, 1.54) is 0 Å². The lowest BCUT2D eigenvalue weighted by atomic mass is 10.1. The van der Waals surface area contributed by atoms with Crippen LogP contribution in [0.25, 0.3) is 0 Å².